The molecule has 0 unspecified atom stereocenters. The summed E-state index contributed by atoms with van der Waals surface area (Å²) in [7, 11) is 1.71. The molecular formula is C18H27NO2. The summed E-state index contributed by atoms with van der Waals surface area (Å²) in [5, 5.41) is 0. The molecule has 2 rings (SSSR count). The molecule has 1 aromatic rings. The maximum Gasteiger partial charge on any atom is 0.222 e. The van der Waals surface area contributed by atoms with Crippen LogP contribution >= 0.6 is 0 Å². The Labute approximate surface area is 128 Å². The van der Waals surface area contributed by atoms with Crippen molar-refractivity contribution in [3.05, 3.63) is 35.4 Å². The van der Waals surface area contributed by atoms with E-state index in [1.807, 2.05) is 0 Å². The maximum absolute atomic E-state index is 12.3. The topological polar surface area (TPSA) is 29.5 Å². The van der Waals surface area contributed by atoms with Crippen molar-refractivity contribution in [3.8, 4) is 0 Å². The summed E-state index contributed by atoms with van der Waals surface area (Å²) < 4.78 is 5.03. The van der Waals surface area contributed by atoms with Crippen LogP contribution in [0.5, 0.6) is 0 Å². The zero-order valence-corrected chi connectivity index (χ0v) is 13.3. The molecule has 0 N–H and O–H groups in total. The number of likely N-dealkylation sites (tertiary alicyclic amines) is 1. The summed E-state index contributed by atoms with van der Waals surface area (Å²) in [5.74, 6) is 0.320. The molecule has 0 aliphatic carbocycles. The molecule has 0 spiro atoms. The van der Waals surface area contributed by atoms with Crippen LogP contribution in [0.3, 0.4) is 0 Å². The summed E-state index contributed by atoms with van der Waals surface area (Å²) in [6, 6.07) is 9.08. The van der Waals surface area contributed by atoms with Gasteiger partial charge in [-0.05, 0) is 44.6 Å². The van der Waals surface area contributed by atoms with Crippen molar-refractivity contribution < 1.29 is 9.53 Å². The minimum Gasteiger partial charge on any atom is -0.385 e. The number of carbonyl (C=O) groups is 1. The van der Waals surface area contributed by atoms with E-state index in [0.717, 1.165) is 45.3 Å². The Morgan fingerprint density at radius 1 is 1.29 bits per heavy atom. The van der Waals surface area contributed by atoms with Gasteiger partial charge in [-0.15, -0.1) is 0 Å². The number of rotatable bonds is 7. The lowest BCUT2D eigenvalue weighted by atomic mass is 10.0. The third-order valence-electron chi connectivity index (χ3n) is 4.28. The molecule has 1 heterocycles. The first-order chi connectivity index (χ1) is 10.2. The fourth-order valence-corrected chi connectivity index (χ4v) is 3.04. The Morgan fingerprint density at radius 3 is 2.76 bits per heavy atom. The molecule has 0 aromatic heterocycles. The van der Waals surface area contributed by atoms with Crippen molar-refractivity contribution in [2.75, 3.05) is 20.3 Å². The number of benzene rings is 1. The van der Waals surface area contributed by atoms with Crippen molar-refractivity contribution in [1.29, 1.82) is 0 Å². The number of ether oxygens (including phenoxy) is 1. The van der Waals surface area contributed by atoms with Gasteiger partial charge in [0, 0.05) is 32.7 Å². The lowest BCUT2D eigenvalue weighted by Crippen LogP contribution is -2.36. The van der Waals surface area contributed by atoms with Crippen LogP contribution in [-0.2, 0) is 16.0 Å². The zero-order chi connectivity index (χ0) is 15.1. The van der Waals surface area contributed by atoms with Gasteiger partial charge in [0.15, 0.2) is 0 Å². The van der Waals surface area contributed by atoms with E-state index in [-0.39, 0.29) is 0 Å². The van der Waals surface area contributed by atoms with Gasteiger partial charge in [-0.1, -0.05) is 29.8 Å². The highest BCUT2D eigenvalue weighted by Gasteiger charge is 2.28. The second kappa shape index (κ2) is 8.18. The van der Waals surface area contributed by atoms with Gasteiger partial charge in [0.2, 0.25) is 5.91 Å². The first-order valence-electron chi connectivity index (χ1n) is 8.04. The quantitative estimate of drug-likeness (QED) is 0.720. The Kier molecular flexibility index (Phi) is 6.24. The third-order valence-corrected chi connectivity index (χ3v) is 4.28. The Hall–Kier alpha value is -1.35. The number of methoxy groups -OCH3 is 1. The van der Waals surface area contributed by atoms with Crippen molar-refractivity contribution in [2.45, 2.75) is 51.5 Å². The summed E-state index contributed by atoms with van der Waals surface area (Å²) in [4.78, 5) is 14.5. The van der Waals surface area contributed by atoms with Gasteiger partial charge in [0.05, 0.1) is 0 Å². The molecule has 116 valence electrons. The highest BCUT2D eigenvalue weighted by molar-refractivity contribution is 5.76. The monoisotopic (exact) mass is 289 g/mol. The Balaban J connectivity index is 1.84. The molecule has 1 aliphatic rings. The Bertz CT molecular complexity index is 441. The SMILES string of the molecule is COCCCCC(=O)N1CCC[C@@H]1Cc1ccc(C)cc1. The number of hydrogen-bond acceptors (Lipinski definition) is 2. The molecule has 3 heteroatoms. The van der Waals surface area contributed by atoms with Crippen LogP contribution < -0.4 is 0 Å². The minimum absolute atomic E-state index is 0.320. The molecule has 1 aliphatic heterocycles. The van der Waals surface area contributed by atoms with E-state index in [2.05, 4.69) is 36.1 Å². The molecule has 1 saturated heterocycles. The smallest absolute Gasteiger partial charge is 0.222 e. The second-order valence-corrected chi connectivity index (χ2v) is 6.02. The van der Waals surface area contributed by atoms with E-state index < -0.39 is 0 Å². The highest BCUT2D eigenvalue weighted by Crippen LogP contribution is 2.22. The summed E-state index contributed by atoms with van der Waals surface area (Å²) in [5.41, 5.74) is 2.63. The average molecular weight is 289 g/mol. The molecule has 3 nitrogen and oxygen atoms in total. The van der Waals surface area contributed by atoms with E-state index in [0.29, 0.717) is 18.4 Å². The molecule has 1 aromatic carbocycles. The third kappa shape index (κ3) is 4.85. The van der Waals surface area contributed by atoms with Crippen LogP contribution in [0.25, 0.3) is 0 Å². The van der Waals surface area contributed by atoms with Crippen molar-refractivity contribution in [2.24, 2.45) is 0 Å². The molecule has 1 fully saturated rings. The van der Waals surface area contributed by atoms with Gasteiger partial charge in [-0.2, -0.15) is 0 Å². The predicted octanol–water partition coefficient (Wildman–Crippen LogP) is 3.35. The van der Waals surface area contributed by atoms with Crippen LogP contribution in [-0.4, -0.2) is 37.1 Å². The highest BCUT2D eigenvalue weighted by atomic mass is 16.5. The van der Waals surface area contributed by atoms with Gasteiger partial charge in [-0.3, -0.25) is 4.79 Å². The number of unbranched alkanes of at least 4 members (excludes halogenated alkanes) is 1. The lowest BCUT2D eigenvalue weighted by Gasteiger charge is -2.25. The fraction of sp³-hybridized carbons (Fsp3) is 0.611. The van der Waals surface area contributed by atoms with E-state index in [4.69, 9.17) is 4.74 Å². The van der Waals surface area contributed by atoms with E-state index in [1.165, 1.54) is 11.1 Å². The maximum atomic E-state index is 12.3. The number of nitrogens with zero attached hydrogens (tertiary/aromatic N) is 1. The van der Waals surface area contributed by atoms with Crippen molar-refractivity contribution in [3.63, 3.8) is 0 Å². The molecule has 0 saturated carbocycles. The van der Waals surface area contributed by atoms with Gasteiger partial charge in [0.1, 0.15) is 0 Å². The zero-order valence-electron chi connectivity index (χ0n) is 13.3. The van der Waals surface area contributed by atoms with Crippen molar-refractivity contribution >= 4 is 5.91 Å². The van der Waals surface area contributed by atoms with Crippen LogP contribution in [0, 0.1) is 6.92 Å². The standard InChI is InChI=1S/C18H27NO2/c1-15-8-10-16(11-9-15)14-17-6-5-12-19(17)18(20)7-3-4-13-21-2/h8-11,17H,3-7,12-14H2,1-2H3/t17-/m1/s1. The molecule has 1 amide bonds. The first-order valence-corrected chi connectivity index (χ1v) is 8.04. The van der Waals surface area contributed by atoms with Gasteiger partial charge >= 0.3 is 0 Å². The van der Waals surface area contributed by atoms with E-state index in [1.54, 1.807) is 7.11 Å². The summed E-state index contributed by atoms with van der Waals surface area (Å²) in [6.07, 6.45) is 5.83. The second-order valence-electron chi connectivity index (χ2n) is 6.02. The summed E-state index contributed by atoms with van der Waals surface area (Å²) >= 11 is 0. The van der Waals surface area contributed by atoms with Crippen molar-refractivity contribution in [1.82, 2.24) is 4.90 Å². The van der Waals surface area contributed by atoms with Crippen LogP contribution in [0.2, 0.25) is 0 Å². The van der Waals surface area contributed by atoms with Crippen LogP contribution in [0.4, 0.5) is 0 Å². The van der Waals surface area contributed by atoms with Crippen LogP contribution in [0.15, 0.2) is 24.3 Å². The number of amides is 1. The molecular weight excluding hydrogens is 262 g/mol. The minimum atomic E-state index is 0.320. The predicted molar refractivity (Wildman–Crippen MR) is 85.3 cm³/mol. The number of aryl methyl sites for hydroxylation is 1. The normalized spacial score (nSPS) is 18.2. The lowest BCUT2D eigenvalue weighted by molar-refractivity contribution is -0.132. The number of carbonyl (C=O) groups excluding carboxylic acids is 1. The average Bonchev–Trinajstić information content (AvgIpc) is 2.94. The van der Waals surface area contributed by atoms with E-state index in [9.17, 15) is 4.79 Å². The van der Waals surface area contributed by atoms with Gasteiger partial charge < -0.3 is 9.64 Å². The van der Waals surface area contributed by atoms with Gasteiger partial charge in [-0.25, -0.2) is 0 Å². The fourth-order valence-electron chi connectivity index (χ4n) is 3.04. The molecule has 0 bridgehead atoms. The number of hydrogen-bond donors (Lipinski definition) is 0. The van der Waals surface area contributed by atoms with Gasteiger partial charge in [0.25, 0.3) is 0 Å². The Morgan fingerprint density at radius 2 is 2.05 bits per heavy atom. The molecule has 21 heavy (non-hydrogen) atoms. The van der Waals surface area contributed by atoms with E-state index >= 15 is 0 Å². The molecule has 0 radical (unpaired) electrons. The summed E-state index contributed by atoms with van der Waals surface area (Å²) in [6.45, 7) is 3.79. The molecule has 1 atom stereocenters. The largest absolute Gasteiger partial charge is 0.385 e. The first kappa shape index (κ1) is 16.0. The van der Waals surface area contributed by atoms with Crippen LogP contribution in [0.1, 0.15) is 43.2 Å².